The van der Waals surface area contributed by atoms with Gasteiger partial charge in [-0.2, -0.15) is 0 Å². The Labute approximate surface area is 68.2 Å². The molecule has 0 aliphatic rings. The fourth-order valence-corrected chi connectivity index (χ4v) is 0.262. The summed E-state index contributed by atoms with van der Waals surface area (Å²) in [6, 6.07) is 0. The summed E-state index contributed by atoms with van der Waals surface area (Å²) >= 11 is 0. The van der Waals surface area contributed by atoms with Crippen molar-refractivity contribution in [1.29, 1.82) is 0 Å². The van der Waals surface area contributed by atoms with Gasteiger partial charge >= 0.3 is 5.97 Å². The Balaban J connectivity index is 0. The molecule has 0 bridgehead atoms. The van der Waals surface area contributed by atoms with Gasteiger partial charge in [-0.25, -0.2) is 4.79 Å². The number of nitrogens with two attached hydrogens (primary N) is 1. The highest BCUT2D eigenvalue weighted by Crippen LogP contribution is 1.81. The third-order valence-corrected chi connectivity index (χ3v) is 0.615. The second-order valence-electron chi connectivity index (χ2n) is 1.78. The van der Waals surface area contributed by atoms with Gasteiger partial charge in [0.1, 0.15) is 0 Å². The van der Waals surface area contributed by atoms with Crippen LogP contribution in [-0.4, -0.2) is 19.1 Å². The molecular weight excluding hydrogens is 142 g/mol. The van der Waals surface area contributed by atoms with Crippen molar-refractivity contribution in [2.45, 2.75) is 20.3 Å². The topological polar surface area (TPSA) is 52.3 Å². The Hall–Kier alpha value is -0.830. The monoisotopic (exact) mass is 159 g/mol. The van der Waals surface area contributed by atoms with E-state index in [-0.39, 0.29) is 5.97 Å². The first-order valence-electron chi connectivity index (χ1n) is 3.72. The number of hydrogen-bond acceptors (Lipinski definition) is 3. The summed E-state index contributed by atoms with van der Waals surface area (Å²) < 4.78 is 4.58. The summed E-state index contributed by atoms with van der Waals surface area (Å²) in [6.07, 6.45) is 2.02. The van der Waals surface area contributed by atoms with Crippen LogP contribution >= 0.6 is 0 Å². The van der Waals surface area contributed by atoms with Crippen LogP contribution in [0.4, 0.5) is 0 Å². The van der Waals surface area contributed by atoms with Crippen LogP contribution in [0.5, 0.6) is 0 Å². The molecule has 0 saturated carbocycles. The van der Waals surface area contributed by atoms with Gasteiger partial charge in [-0.15, -0.1) is 0 Å². The zero-order chi connectivity index (χ0) is 9.11. The lowest BCUT2D eigenvalue weighted by molar-refractivity contribution is -0.137. The summed E-state index contributed by atoms with van der Waals surface area (Å²) in [4.78, 5) is 10.2. The average molecular weight is 159 g/mol. The van der Waals surface area contributed by atoms with E-state index >= 15 is 0 Å². The number of esters is 1. The van der Waals surface area contributed by atoms with Gasteiger partial charge in [-0.3, -0.25) is 0 Å². The molecule has 0 aromatic rings. The lowest BCUT2D eigenvalue weighted by Gasteiger charge is -1.94. The Morgan fingerprint density at radius 3 is 2.36 bits per heavy atom. The fourth-order valence-electron chi connectivity index (χ4n) is 0.262. The molecule has 0 heterocycles. The molecule has 0 aromatic heterocycles. The largest absolute Gasteiger partial charge is 0.463 e. The number of carbonyl (C=O) groups is 1. The smallest absolute Gasteiger partial charge is 0.330 e. The van der Waals surface area contributed by atoms with Gasteiger partial charge in [0, 0.05) is 6.08 Å². The summed E-state index contributed by atoms with van der Waals surface area (Å²) in [5, 5.41) is 0. The predicted octanol–water partition coefficient (Wildman–Crippen LogP) is 1.09. The van der Waals surface area contributed by atoms with Crippen molar-refractivity contribution in [3.05, 3.63) is 12.7 Å². The number of hydrogen-bond donors (Lipinski definition) is 1. The second kappa shape index (κ2) is 11.9. The van der Waals surface area contributed by atoms with Crippen molar-refractivity contribution in [1.82, 2.24) is 0 Å². The van der Waals surface area contributed by atoms with E-state index in [1.165, 1.54) is 0 Å². The van der Waals surface area contributed by atoms with E-state index in [1.54, 1.807) is 0 Å². The highest BCUT2D eigenvalue weighted by Gasteiger charge is 1.89. The molecule has 0 aliphatic carbocycles. The molecule has 0 fully saturated rings. The van der Waals surface area contributed by atoms with Crippen LogP contribution in [0.3, 0.4) is 0 Å². The molecule has 0 spiro atoms. The van der Waals surface area contributed by atoms with Gasteiger partial charge in [0.2, 0.25) is 0 Å². The van der Waals surface area contributed by atoms with E-state index in [2.05, 4.69) is 11.3 Å². The van der Waals surface area contributed by atoms with Crippen molar-refractivity contribution in [2.75, 3.05) is 13.2 Å². The molecule has 11 heavy (non-hydrogen) atoms. The molecule has 0 saturated heterocycles. The zero-order valence-electron chi connectivity index (χ0n) is 7.30. The minimum absolute atomic E-state index is 0.341. The molecule has 3 heteroatoms. The molecule has 0 radical (unpaired) electrons. The van der Waals surface area contributed by atoms with E-state index in [4.69, 9.17) is 5.73 Å². The van der Waals surface area contributed by atoms with Gasteiger partial charge in [0.25, 0.3) is 0 Å². The average Bonchev–Trinajstić information content (AvgIpc) is 2.02. The molecule has 3 nitrogen and oxygen atoms in total. The van der Waals surface area contributed by atoms with Gasteiger partial charge < -0.3 is 10.5 Å². The lowest BCUT2D eigenvalue weighted by atomic mass is 10.5. The van der Waals surface area contributed by atoms with Crippen molar-refractivity contribution in [3.63, 3.8) is 0 Å². The molecule has 0 rings (SSSR count). The normalized spacial score (nSPS) is 7.55. The molecule has 66 valence electrons. The van der Waals surface area contributed by atoms with E-state index < -0.39 is 0 Å². The first-order chi connectivity index (χ1) is 5.22. The van der Waals surface area contributed by atoms with Crippen LogP contribution in [0.2, 0.25) is 0 Å². The lowest BCUT2D eigenvalue weighted by Crippen LogP contribution is -1.99. The summed E-state index contributed by atoms with van der Waals surface area (Å²) in [5.41, 5.74) is 4.85. The second-order valence-corrected chi connectivity index (χ2v) is 1.78. The van der Waals surface area contributed by atoms with Crippen LogP contribution in [0.1, 0.15) is 20.3 Å². The SMILES string of the molecule is C=CC(=O)OCCC.CCN. The van der Waals surface area contributed by atoms with E-state index in [0.29, 0.717) is 6.61 Å². The molecule has 0 aliphatic heterocycles. The number of rotatable bonds is 3. The fraction of sp³-hybridized carbons (Fsp3) is 0.625. The highest BCUT2D eigenvalue weighted by atomic mass is 16.5. The zero-order valence-corrected chi connectivity index (χ0v) is 7.30. The Morgan fingerprint density at radius 1 is 1.64 bits per heavy atom. The standard InChI is InChI=1S/C6H10O2.C2H7N/c1-3-5-8-6(7)4-2;1-2-3/h4H,2-3,5H2,1H3;2-3H2,1H3. The van der Waals surface area contributed by atoms with Crippen LogP contribution in [0.25, 0.3) is 0 Å². The first-order valence-corrected chi connectivity index (χ1v) is 3.72. The molecule has 2 N–H and O–H groups in total. The van der Waals surface area contributed by atoms with Gasteiger partial charge in [-0.1, -0.05) is 20.4 Å². The summed E-state index contributed by atoms with van der Waals surface area (Å²) in [5.74, 6) is -0.341. The highest BCUT2D eigenvalue weighted by molar-refractivity contribution is 5.81. The van der Waals surface area contributed by atoms with Crippen molar-refractivity contribution in [2.24, 2.45) is 5.73 Å². The van der Waals surface area contributed by atoms with E-state index in [0.717, 1.165) is 19.0 Å². The van der Waals surface area contributed by atoms with Gasteiger partial charge in [0.15, 0.2) is 0 Å². The Kier molecular flexibility index (Phi) is 13.9. The number of carbonyl (C=O) groups excluding carboxylic acids is 1. The van der Waals surface area contributed by atoms with Crippen molar-refractivity contribution in [3.8, 4) is 0 Å². The molecule has 0 amide bonds. The summed E-state index contributed by atoms with van der Waals surface area (Å²) in [7, 11) is 0. The third kappa shape index (κ3) is 17.6. The predicted molar refractivity (Wildman–Crippen MR) is 46.2 cm³/mol. The minimum atomic E-state index is -0.341. The maximum Gasteiger partial charge on any atom is 0.330 e. The van der Waals surface area contributed by atoms with Gasteiger partial charge in [0.05, 0.1) is 6.61 Å². The van der Waals surface area contributed by atoms with Crippen LogP contribution < -0.4 is 5.73 Å². The Morgan fingerprint density at radius 2 is 2.09 bits per heavy atom. The van der Waals surface area contributed by atoms with E-state index in [9.17, 15) is 4.79 Å². The summed E-state index contributed by atoms with van der Waals surface area (Å²) in [6.45, 7) is 8.32. The van der Waals surface area contributed by atoms with Gasteiger partial charge in [-0.05, 0) is 13.0 Å². The Bertz CT molecular complexity index is 102. The molecule has 0 aromatic carbocycles. The van der Waals surface area contributed by atoms with Crippen LogP contribution in [0, 0.1) is 0 Å². The molecule has 0 unspecified atom stereocenters. The van der Waals surface area contributed by atoms with E-state index in [1.807, 2.05) is 13.8 Å². The minimum Gasteiger partial charge on any atom is -0.463 e. The molecular formula is C8H17NO2. The van der Waals surface area contributed by atoms with Crippen molar-refractivity contribution < 1.29 is 9.53 Å². The maximum atomic E-state index is 10.2. The molecule has 0 atom stereocenters. The van der Waals surface area contributed by atoms with Crippen molar-refractivity contribution >= 4 is 5.97 Å². The maximum absolute atomic E-state index is 10.2. The quantitative estimate of drug-likeness (QED) is 0.495. The number of ether oxygens (including phenoxy) is 1. The van der Waals surface area contributed by atoms with Crippen LogP contribution in [0.15, 0.2) is 12.7 Å². The van der Waals surface area contributed by atoms with Crippen LogP contribution in [-0.2, 0) is 9.53 Å². The first kappa shape index (κ1) is 12.8. The third-order valence-electron chi connectivity index (χ3n) is 0.615.